The van der Waals surface area contributed by atoms with Crippen LogP contribution in [0.2, 0.25) is 0 Å². The molecule has 1 aliphatic heterocycles. The third-order valence-corrected chi connectivity index (χ3v) is 6.29. The van der Waals surface area contributed by atoms with Crippen LogP contribution in [0.3, 0.4) is 0 Å². The number of halogens is 1. The molecular formula is C18H25ClN2O3S. The lowest BCUT2D eigenvalue weighted by molar-refractivity contribution is -0.119. The number of rotatable bonds is 4. The first-order chi connectivity index (χ1) is 12.1. The smallest absolute Gasteiger partial charge is 0.264 e. The summed E-state index contributed by atoms with van der Waals surface area (Å²) < 4.78 is 5.76. The quantitative estimate of drug-likeness (QED) is 0.811. The van der Waals surface area contributed by atoms with Crippen molar-refractivity contribution in [1.82, 2.24) is 10.2 Å². The first-order valence-corrected chi connectivity index (χ1v) is 10.3. The van der Waals surface area contributed by atoms with E-state index in [0.29, 0.717) is 32.2 Å². The van der Waals surface area contributed by atoms with E-state index < -0.39 is 0 Å². The summed E-state index contributed by atoms with van der Waals surface area (Å²) in [5, 5.41) is 2.74. The van der Waals surface area contributed by atoms with Gasteiger partial charge in [-0.15, -0.1) is 22.9 Å². The van der Waals surface area contributed by atoms with Gasteiger partial charge in [0.05, 0.1) is 11.0 Å². The van der Waals surface area contributed by atoms with Gasteiger partial charge < -0.3 is 15.0 Å². The molecule has 25 heavy (non-hydrogen) atoms. The van der Waals surface area contributed by atoms with Crippen molar-refractivity contribution in [2.75, 3.05) is 32.1 Å². The summed E-state index contributed by atoms with van der Waals surface area (Å²) in [7, 11) is 0. The zero-order valence-corrected chi connectivity index (χ0v) is 16.1. The summed E-state index contributed by atoms with van der Waals surface area (Å²) in [6.07, 6.45) is 4.00. The predicted octanol–water partition coefficient (Wildman–Crippen LogP) is 2.46. The molecule has 2 atom stereocenters. The maximum Gasteiger partial charge on any atom is 0.264 e. The summed E-state index contributed by atoms with van der Waals surface area (Å²) in [5.74, 6) is 0.513. The highest BCUT2D eigenvalue weighted by molar-refractivity contribution is 7.14. The molecule has 0 spiro atoms. The number of alkyl halides is 1. The predicted molar refractivity (Wildman–Crippen MR) is 99.5 cm³/mol. The third kappa shape index (κ3) is 4.74. The third-order valence-electron chi connectivity index (χ3n) is 4.83. The molecular weight excluding hydrogens is 360 g/mol. The van der Waals surface area contributed by atoms with Gasteiger partial charge >= 0.3 is 0 Å². The second kappa shape index (κ2) is 8.52. The van der Waals surface area contributed by atoms with E-state index in [1.807, 2.05) is 4.90 Å². The lowest BCUT2D eigenvalue weighted by Gasteiger charge is -2.23. The average molecular weight is 385 g/mol. The number of amides is 2. The molecule has 0 radical (unpaired) electrons. The van der Waals surface area contributed by atoms with Crippen molar-refractivity contribution in [3.63, 3.8) is 0 Å². The van der Waals surface area contributed by atoms with Crippen LogP contribution in [0, 0.1) is 5.92 Å². The van der Waals surface area contributed by atoms with Crippen LogP contribution in [-0.4, -0.2) is 54.9 Å². The van der Waals surface area contributed by atoms with Gasteiger partial charge in [0.25, 0.3) is 5.91 Å². The van der Waals surface area contributed by atoms with Gasteiger partial charge in [-0.1, -0.05) is 6.92 Å². The normalized spacial score (nSPS) is 23.7. The molecule has 1 fully saturated rings. The van der Waals surface area contributed by atoms with Crippen molar-refractivity contribution in [3.8, 4) is 0 Å². The number of nitrogens with zero attached hydrogens (tertiary/aromatic N) is 1. The van der Waals surface area contributed by atoms with Gasteiger partial charge in [0.15, 0.2) is 0 Å². The van der Waals surface area contributed by atoms with Gasteiger partial charge in [-0.25, -0.2) is 0 Å². The SMILES string of the molecule is CC1CCc2sc(C(=O)N3CCCOC(CNC(=O)CCl)C3)cc2C1. The number of thiophene rings is 1. The van der Waals surface area contributed by atoms with Crippen molar-refractivity contribution in [2.45, 2.75) is 38.7 Å². The molecule has 7 heteroatoms. The molecule has 0 aromatic carbocycles. The molecule has 1 aliphatic carbocycles. The first-order valence-electron chi connectivity index (χ1n) is 8.92. The van der Waals surface area contributed by atoms with Crippen molar-refractivity contribution in [3.05, 3.63) is 21.4 Å². The number of carbonyl (C=O) groups excluding carboxylic acids is 2. The summed E-state index contributed by atoms with van der Waals surface area (Å²) in [6.45, 7) is 4.45. The maximum absolute atomic E-state index is 13.0. The fourth-order valence-corrected chi connectivity index (χ4v) is 4.72. The molecule has 5 nitrogen and oxygen atoms in total. The number of aryl methyl sites for hydroxylation is 1. The van der Waals surface area contributed by atoms with Crippen molar-refractivity contribution < 1.29 is 14.3 Å². The molecule has 3 rings (SSSR count). The van der Waals surface area contributed by atoms with E-state index >= 15 is 0 Å². The Labute approximate surface area is 157 Å². The Kier molecular flexibility index (Phi) is 6.36. The van der Waals surface area contributed by atoms with Crippen LogP contribution in [-0.2, 0) is 22.4 Å². The highest BCUT2D eigenvalue weighted by Crippen LogP contribution is 2.32. The Balaban J connectivity index is 1.65. The highest BCUT2D eigenvalue weighted by atomic mass is 35.5. The van der Waals surface area contributed by atoms with Crippen LogP contribution in [0.1, 0.15) is 39.9 Å². The Hall–Kier alpha value is -1.11. The summed E-state index contributed by atoms with van der Waals surface area (Å²) >= 11 is 7.15. The Bertz CT molecular complexity index is 634. The maximum atomic E-state index is 13.0. The molecule has 0 bridgehead atoms. The molecule has 2 aliphatic rings. The monoisotopic (exact) mass is 384 g/mol. The van der Waals surface area contributed by atoms with Crippen molar-refractivity contribution >= 4 is 34.8 Å². The van der Waals surface area contributed by atoms with E-state index in [-0.39, 0.29) is 23.8 Å². The van der Waals surface area contributed by atoms with Gasteiger partial charge in [-0.3, -0.25) is 9.59 Å². The molecule has 138 valence electrons. The Morgan fingerprint density at radius 3 is 3.12 bits per heavy atom. The first kappa shape index (κ1) is 18.7. The fraction of sp³-hybridized carbons (Fsp3) is 0.667. The van der Waals surface area contributed by atoms with E-state index in [0.717, 1.165) is 24.1 Å². The second-order valence-electron chi connectivity index (χ2n) is 6.94. The molecule has 2 heterocycles. The molecule has 1 aromatic heterocycles. The number of hydrogen-bond donors (Lipinski definition) is 1. The summed E-state index contributed by atoms with van der Waals surface area (Å²) in [4.78, 5) is 28.4. The second-order valence-corrected chi connectivity index (χ2v) is 8.35. The zero-order valence-electron chi connectivity index (χ0n) is 14.6. The highest BCUT2D eigenvalue weighted by Gasteiger charge is 2.27. The average Bonchev–Trinajstić information content (AvgIpc) is 2.88. The number of carbonyl (C=O) groups is 2. The van der Waals surface area contributed by atoms with E-state index in [2.05, 4.69) is 18.3 Å². The summed E-state index contributed by atoms with van der Waals surface area (Å²) in [5.41, 5.74) is 1.35. The molecule has 2 amide bonds. The molecule has 1 saturated heterocycles. The van der Waals surface area contributed by atoms with Gasteiger partial charge in [0, 0.05) is 31.1 Å². The van der Waals surface area contributed by atoms with Gasteiger partial charge in [-0.2, -0.15) is 0 Å². The Morgan fingerprint density at radius 1 is 1.48 bits per heavy atom. The van der Waals surface area contributed by atoms with E-state index in [4.69, 9.17) is 16.3 Å². The topological polar surface area (TPSA) is 58.6 Å². The van der Waals surface area contributed by atoms with E-state index in [9.17, 15) is 9.59 Å². The largest absolute Gasteiger partial charge is 0.374 e. The van der Waals surface area contributed by atoms with Crippen LogP contribution in [0.25, 0.3) is 0 Å². The fourth-order valence-electron chi connectivity index (χ4n) is 3.45. The van der Waals surface area contributed by atoms with Gasteiger partial charge in [-0.05, 0) is 43.2 Å². The minimum Gasteiger partial charge on any atom is -0.374 e. The lowest BCUT2D eigenvalue weighted by Crippen LogP contribution is -2.42. The van der Waals surface area contributed by atoms with Crippen LogP contribution in [0.5, 0.6) is 0 Å². The van der Waals surface area contributed by atoms with Gasteiger partial charge in [0.1, 0.15) is 5.88 Å². The number of ether oxygens (including phenoxy) is 1. The Morgan fingerprint density at radius 2 is 2.32 bits per heavy atom. The van der Waals surface area contributed by atoms with E-state index in [1.54, 1.807) is 11.3 Å². The number of hydrogen-bond acceptors (Lipinski definition) is 4. The van der Waals surface area contributed by atoms with Crippen LogP contribution in [0.15, 0.2) is 6.07 Å². The molecule has 1 aromatic rings. The summed E-state index contributed by atoms with van der Waals surface area (Å²) in [6, 6.07) is 2.09. The van der Waals surface area contributed by atoms with Crippen LogP contribution in [0.4, 0.5) is 0 Å². The standard InChI is InChI=1S/C18H25ClN2O3S/c1-12-3-4-15-13(7-12)8-16(25-15)18(23)21-5-2-6-24-14(11-21)10-20-17(22)9-19/h8,12,14H,2-7,9-11H2,1H3,(H,20,22). The molecule has 1 N–H and O–H groups in total. The zero-order chi connectivity index (χ0) is 17.8. The van der Waals surface area contributed by atoms with E-state index in [1.165, 1.54) is 16.9 Å². The lowest BCUT2D eigenvalue weighted by atomic mass is 9.90. The molecule has 2 unspecified atom stereocenters. The van der Waals surface area contributed by atoms with Crippen LogP contribution < -0.4 is 5.32 Å². The van der Waals surface area contributed by atoms with Gasteiger partial charge in [0.2, 0.25) is 5.91 Å². The van der Waals surface area contributed by atoms with Crippen LogP contribution >= 0.6 is 22.9 Å². The van der Waals surface area contributed by atoms with Crippen molar-refractivity contribution in [1.29, 1.82) is 0 Å². The number of fused-ring (bicyclic) bond motifs is 1. The minimum atomic E-state index is -0.215. The van der Waals surface area contributed by atoms with Crippen molar-refractivity contribution in [2.24, 2.45) is 5.92 Å². The number of nitrogens with one attached hydrogen (secondary N) is 1. The minimum absolute atomic E-state index is 0.0610. The molecule has 0 saturated carbocycles.